The maximum Gasteiger partial charge on any atom is 0.191 e. The van der Waals surface area contributed by atoms with Gasteiger partial charge in [0, 0.05) is 17.9 Å². The van der Waals surface area contributed by atoms with E-state index >= 15 is 0 Å². The third-order valence-electron chi connectivity index (χ3n) is 3.47. The quantitative estimate of drug-likeness (QED) is 0.621. The summed E-state index contributed by atoms with van der Waals surface area (Å²) in [6.07, 6.45) is 5.62. The number of hydrogen-bond acceptors (Lipinski definition) is 5. The van der Waals surface area contributed by atoms with Crippen LogP contribution >= 0.6 is 11.8 Å². The first kappa shape index (κ1) is 15.9. The standard InChI is InChI=1S/C16H21N5OS/c1-12(2)15-18-19-16(21(15)11-14-5-4-7-22-14)23-8-6-20-10-13(3)9-17-20/h4-5,7,9-10,12H,6,8,11H2,1-3H3. The molecule has 0 spiro atoms. The van der Waals surface area contributed by atoms with Crippen LogP contribution in [0.4, 0.5) is 0 Å². The van der Waals surface area contributed by atoms with Gasteiger partial charge in [-0.1, -0.05) is 25.6 Å². The number of aromatic nitrogens is 5. The van der Waals surface area contributed by atoms with Crippen molar-refractivity contribution in [2.45, 2.75) is 44.9 Å². The number of nitrogens with zero attached hydrogens (tertiary/aromatic N) is 5. The van der Waals surface area contributed by atoms with Crippen LogP contribution in [0.2, 0.25) is 0 Å². The molecule has 0 aliphatic heterocycles. The molecule has 0 aromatic carbocycles. The molecular formula is C16H21N5OS. The SMILES string of the molecule is Cc1cnn(CCSc2nnc(C(C)C)n2Cc2ccco2)c1. The minimum absolute atomic E-state index is 0.320. The van der Waals surface area contributed by atoms with Gasteiger partial charge in [0.15, 0.2) is 5.16 Å². The summed E-state index contributed by atoms with van der Waals surface area (Å²) in [5.41, 5.74) is 1.18. The van der Waals surface area contributed by atoms with Gasteiger partial charge in [0.05, 0.1) is 25.5 Å². The van der Waals surface area contributed by atoms with Gasteiger partial charge in [-0.05, 0) is 24.6 Å². The monoisotopic (exact) mass is 331 g/mol. The van der Waals surface area contributed by atoms with E-state index in [2.05, 4.69) is 33.7 Å². The third-order valence-corrected chi connectivity index (χ3v) is 4.42. The van der Waals surface area contributed by atoms with Crippen LogP contribution in [-0.2, 0) is 13.1 Å². The summed E-state index contributed by atoms with van der Waals surface area (Å²) < 4.78 is 9.57. The van der Waals surface area contributed by atoms with E-state index in [0.717, 1.165) is 29.0 Å². The molecule has 0 bridgehead atoms. The summed E-state index contributed by atoms with van der Waals surface area (Å²) in [5.74, 6) is 3.12. The number of hydrogen-bond donors (Lipinski definition) is 0. The predicted molar refractivity (Wildman–Crippen MR) is 89.6 cm³/mol. The Morgan fingerprint density at radius 2 is 2.17 bits per heavy atom. The summed E-state index contributed by atoms with van der Waals surface area (Å²) in [4.78, 5) is 0. The Kier molecular flexibility index (Phi) is 4.85. The van der Waals surface area contributed by atoms with Gasteiger partial charge in [0.25, 0.3) is 0 Å². The van der Waals surface area contributed by atoms with E-state index < -0.39 is 0 Å². The van der Waals surface area contributed by atoms with Crippen LogP contribution in [0.25, 0.3) is 0 Å². The lowest BCUT2D eigenvalue weighted by Gasteiger charge is -2.10. The highest BCUT2D eigenvalue weighted by molar-refractivity contribution is 7.99. The molecule has 3 aromatic heterocycles. The van der Waals surface area contributed by atoms with Crippen LogP contribution in [0, 0.1) is 6.92 Å². The molecule has 0 aliphatic carbocycles. The molecule has 0 radical (unpaired) electrons. The third kappa shape index (κ3) is 3.85. The second kappa shape index (κ2) is 7.04. The fourth-order valence-electron chi connectivity index (χ4n) is 2.36. The molecule has 0 aliphatic rings. The first-order chi connectivity index (χ1) is 11.1. The Balaban J connectivity index is 1.70. The van der Waals surface area contributed by atoms with Gasteiger partial charge >= 0.3 is 0 Å². The van der Waals surface area contributed by atoms with Crippen LogP contribution in [-0.4, -0.2) is 30.3 Å². The van der Waals surface area contributed by atoms with E-state index in [0.29, 0.717) is 12.5 Å². The Hall–Kier alpha value is -2.02. The molecule has 6 nitrogen and oxygen atoms in total. The largest absolute Gasteiger partial charge is 0.467 e. The zero-order chi connectivity index (χ0) is 16.2. The van der Waals surface area contributed by atoms with Crippen molar-refractivity contribution in [1.82, 2.24) is 24.5 Å². The van der Waals surface area contributed by atoms with Crippen molar-refractivity contribution < 1.29 is 4.42 Å². The highest BCUT2D eigenvalue weighted by atomic mass is 32.2. The van der Waals surface area contributed by atoms with Crippen LogP contribution in [0.15, 0.2) is 40.4 Å². The molecule has 0 saturated heterocycles. The summed E-state index contributed by atoms with van der Waals surface area (Å²) in [6.45, 7) is 7.82. The molecule has 3 heterocycles. The van der Waals surface area contributed by atoms with Crippen molar-refractivity contribution in [2.24, 2.45) is 0 Å². The minimum Gasteiger partial charge on any atom is -0.467 e. The Morgan fingerprint density at radius 3 is 2.83 bits per heavy atom. The van der Waals surface area contributed by atoms with Gasteiger partial charge in [-0.15, -0.1) is 10.2 Å². The van der Waals surface area contributed by atoms with E-state index in [4.69, 9.17) is 4.42 Å². The molecule has 0 fully saturated rings. The van der Waals surface area contributed by atoms with Gasteiger partial charge in [-0.3, -0.25) is 9.25 Å². The zero-order valence-corrected chi connectivity index (χ0v) is 14.5. The van der Waals surface area contributed by atoms with Gasteiger partial charge in [0.1, 0.15) is 11.6 Å². The predicted octanol–water partition coefficient (Wildman–Crippen LogP) is 3.34. The minimum atomic E-state index is 0.320. The molecule has 0 unspecified atom stereocenters. The van der Waals surface area contributed by atoms with Crippen molar-refractivity contribution in [3.05, 3.63) is 47.9 Å². The van der Waals surface area contributed by atoms with Crippen molar-refractivity contribution in [1.29, 1.82) is 0 Å². The smallest absolute Gasteiger partial charge is 0.191 e. The number of aryl methyl sites for hydroxylation is 2. The molecule has 7 heteroatoms. The summed E-state index contributed by atoms with van der Waals surface area (Å²) >= 11 is 1.70. The fourth-order valence-corrected chi connectivity index (χ4v) is 3.23. The summed E-state index contributed by atoms with van der Waals surface area (Å²) in [5, 5.41) is 13.9. The normalized spacial score (nSPS) is 11.5. The highest BCUT2D eigenvalue weighted by Gasteiger charge is 2.16. The van der Waals surface area contributed by atoms with E-state index in [1.165, 1.54) is 5.56 Å². The Labute approximate surface area is 139 Å². The molecular weight excluding hydrogens is 310 g/mol. The molecule has 3 rings (SSSR count). The molecule has 23 heavy (non-hydrogen) atoms. The van der Waals surface area contributed by atoms with Crippen LogP contribution in [0.5, 0.6) is 0 Å². The first-order valence-corrected chi connectivity index (χ1v) is 8.69. The lowest BCUT2D eigenvalue weighted by molar-refractivity contribution is 0.475. The maximum atomic E-state index is 5.47. The second-order valence-corrected chi connectivity index (χ2v) is 6.85. The summed E-state index contributed by atoms with van der Waals surface area (Å²) in [6, 6.07) is 3.88. The van der Waals surface area contributed by atoms with Crippen LogP contribution < -0.4 is 0 Å². The number of rotatable bonds is 7. The van der Waals surface area contributed by atoms with Crippen LogP contribution in [0.3, 0.4) is 0 Å². The molecule has 122 valence electrons. The molecule has 0 atom stereocenters. The average Bonchev–Trinajstić information content (AvgIpc) is 3.22. The second-order valence-electron chi connectivity index (χ2n) is 5.79. The van der Waals surface area contributed by atoms with E-state index in [9.17, 15) is 0 Å². The number of thioether (sulfide) groups is 1. The maximum absolute atomic E-state index is 5.47. The van der Waals surface area contributed by atoms with Crippen molar-refractivity contribution in [2.75, 3.05) is 5.75 Å². The van der Waals surface area contributed by atoms with Crippen molar-refractivity contribution in [3.63, 3.8) is 0 Å². The van der Waals surface area contributed by atoms with Gasteiger partial charge in [-0.2, -0.15) is 5.10 Å². The average molecular weight is 331 g/mol. The lowest BCUT2D eigenvalue weighted by Crippen LogP contribution is -2.08. The van der Waals surface area contributed by atoms with Gasteiger partial charge < -0.3 is 4.42 Å². The van der Waals surface area contributed by atoms with Gasteiger partial charge in [-0.25, -0.2) is 0 Å². The fraction of sp³-hybridized carbons (Fsp3) is 0.438. The van der Waals surface area contributed by atoms with Gasteiger partial charge in [0.2, 0.25) is 0 Å². The van der Waals surface area contributed by atoms with E-state index in [1.807, 2.05) is 36.1 Å². The topological polar surface area (TPSA) is 61.7 Å². The molecule has 0 saturated carbocycles. The molecule has 0 amide bonds. The van der Waals surface area contributed by atoms with Crippen LogP contribution in [0.1, 0.15) is 36.9 Å². The summed E-state index contributed by atoms with van der Waals surface area (Å²) in [7, 11) is 0. The Morgan fingerprint density at radius 1 is 1.30 bits per heavy atom. The zero-order valence-electron chi connectivity index (χ0n) is 13.6. The highest BCUT2D eigenvalue weighted by Crippen LogP contribution is 2.23. The van der Waals surface area contributed by atoms with Crippen molar-refractivity contribution in [3.8, 4) is 0 Å². The Bertz CT molecular complexity index is 744. The van der Waals surface area contributed by atoms with E-state index in [1.54, 1.807) is 18.0 Å². The first-order valence-electron chi connectivity index (χ1n) is 7.71. The molecule has 3 aromatic rings. The van der Waals surface area contributed by atoms with E-state index in [-0.39, 0.29) is 0 Å². The molecule has 0 N–H and O–H groups in total. The van der Waals surface area contributed by atoms with Crippen molar-refractivity contribution >= 4 is 11.8 Å². The lowest BCUT2D eigenvalue weighted by atomic mass is 10.2. The number of furan rings is 1.